The lowest BCUT2D eigenvalue weighted by molar-refractivity contribution is 0.210. The maximum absolute atomic E-state index is 11.8. The van der Waals surface area contributed by atoms with Gasteiger partial charge in [-0.25, -0.2) is 4.79 Å². The van der Waals surface area contributed by atoms with E-state index in [4.69, 9.17) is 5.73 Å². The molecule has 0 saturated carbocycles. The van der Waals surface area contributed by atoms with Gasteiger partial charge in [0.15, 0.2) is 0 Å². The van der Waals surface area contributed by atoms with Crippen molar-refractivity contribution < 1.29 is 4.79 Å². The maximum Gasteiger partial charge on any atom is 0.346 e. The molecule has 2 amide bonds. The molecule has 1 aliphatic rings. The van der Waals surface area contributed by atoms with Gasteiger partial charge in [0.25, 0.3) is 0 Å². The first-order valence-electron chi connectivity index (χ1n) is 6.34. The van der Waals surface area contributed by atoms with Gasteiger partial charge in [-0.2, -0.15) is 4.99 Å². The minimum atomic E-state index is -0.252. The normalized spacial score (nSPS) is 19.0. The number of aliphatic imine (C=N–C) groups is 1. The molecule has 96 valence electrons. The van der Waals surface area contributed by atoms with Crippen molar-refractivity contribution in [1.29, 1.82) is 0 Å². The van der Waals surface area contributed by atoms with E-state index >= 15 is 0 Å². The van der Waals surface area contributed by atoms with Crippen LogP contribution < -0.4 is 5.73 Å². The molecule has 0 radical (unpaired) electrons. The molecule has 0 fully saturated rings. The van der Waals surface area contributed by atoms with Crippen LogP contribution in [0.25, 0.3) is 10.8 Å². The van der Waals surface area contributed by atoms with Gasteiger partial charge in [-0.1, -0.05) is 42.5 Å². The molecule has 3 rings (SSSR count). The topological polar surface area (TPSA) is 58.7 Å². The molecule has 0 aliphatic carbocycles. The van der Waals surface area contributed by atoms with E-state index in [0.717, 1.165) is 16.3 Å². The largest absolute Gasteiger partial charge is 0.385 e. The standard InChI is InChI=1S/C15H15N3O/c1-2-18-13(14(16)17-15(18)19)12-9-5-7-10-6-3-4-8-11(10)12/h3-9,13H,2H2,1H3,(H2,16,17,19). The van der Waals surface area contributed by atoms with Crippen LogP contribution in [-0.2, 0) is 0 Å². The zero-order valence-corrected chi connectivity index (χ0v) is 10.7. The van der Waals surface area contributed by atoms with Gasteiger partial charge in [0.05, 0.1) is 0 Å². The van der Waals surface area contributed by atoms with Crippen molar-refractivity contribution in [3.05, 3.63) is 48.0 Å². The smallest absolute Gasteiger partial charge is 0.346 e. The van der Waals surface area contributed by atoms with Crippen LogP contribution in [0.1, 0.15) is 18.5 Å². The lowest BCUT2D eigenvalue weighted by atomic mass is 9.97. The van der Waals surface area contributed by atoms with Crippen molar-refractivity contribution in [1.82, 2.24) is 4.90 Å². The molecular weight excluding hydrogens is 238 g/mol. The van der Waals surface area contributed by atoms with E-state index in [2.05, 4.69) is 23.2 Å². The summed E-state index contributed by atoms with van der Waals surface area (Å²) >= 11 is 0. The molecule has 1 heterocycles. The number of rotatable bonds is 2. The number of fused-ring (bicyclic) bond motifs is 1. The van der Waals surface area contributed by atoms with Gasteiger partial charge in [-0.15, -0.1) is 0 Å². The number of nitrogens with zero attached hydrogens (tertiary/aromatic N) is 2. The SMILES string of the molecule is CCN1C(=O)N=C(N)C1c1cccc2ccccc12. The second kappa shape index (κ2) is 4.39. The minimum absolute atomic E-state index is 0.247. The van der Waals surface area contributed by atoms with Crippen molar-refractivity contribution in [2.24, 2.45) is 10.7 Å². The molecule has 4 heteroatoms. The Balaban J connectivity index is 2.19. The summed E-state index contributed by atoms with van der Waals surface area (Å²) in [6, 6.07) is 13.7. The molecule has 0 saturated heterocycles. The van der Waals surface area contributed by atoms with Crippen molar-refractivity contribution in [2.45, 2.75) is 13.0 Å². The van der Waals surface area contributed by atoms with Crippen molar-refractivity contribution >= 4 is 22.6 Å². The van der Waals surface area contributed by atoms with Crippen molar-refractivity contribution in [2.75, 3.05) is 6.54 Å². The molecular formula is C15H15N3O. The Hall–Kier alpha value is -2.36. The number of likely N-dealkylation sites (N-methyl/N-ethyl adjacent to an activating group) is 1. The van der Waals surface area contributed by atoms with E-state index in [1.54, 1.807) is 4.90 Å². The lowest BCUT2D eigenvalue weighted by Gasteiger charge is -2.24. The Morgan fingerprint density at radius 1 is 1.21 bits per heavy atom. The fourth-order valence-electron chi connectivity index (χ4n) is 2.64. The van der Waals surface area contributed by atoms with Gasteiger partial charge in [0.2, 0.25) is 0 Å². The Morgan fingerprint density at radius 3 is 2.74 bits per heavy atom. The van der Waals surface area contributed by atoms with Crippen LogP contribution >= 0.6 is 0 Å². The molecule has 1 atom stereocenters. The van der Waals surface area contributed by atoms with Crippen LogP contribution in [0.4, 0.5) is 4.79 Å². The lowest BCUT2D eigenvalue weighted by Crippen LogP contribution is -2.33. The molecule has 1 aliphatic heterocycles. The first-order chi connectivity index (χ1) is 9.22. The maximum atomic E-state index is 11.8. The van der Waals surface area contributed by atoms with Gasteiger partial charge < -0.3 is 10.6 Å². The van der Waals surface area contributed by atoms with Crippen LogP contribution in [0.5, 0.6) is 0 Å². The van der Waals surface area contributed by atoms with Gasteiger partial charge >= 0.3 is 6.03 Å². The monoisotopic (exact) mass is 253 g/mol. The summed E-state index contributed by atoms with van der Waals surface area (Å²) in [7, 11) is 0. The summed E-state index contributed by atoms with van der Waals surface area (Å²) in [6.07, 6.45) is 0. The number of hydrogen-bond donors (Lipinski definition) is 1. The number of urea groups is 1. The van der Waals surface area contributed by atoms with E-state index in [0.29, 0.717) is 12.4 Å². The average molecular weight is 253 g/mol. The summed E-state index contributed by atoms with van der Waals surface area (Å²) < 4.78 is 0. The van der Waals surface area contributed by atoms with Crippen molar-refractivity contribution in [3.63, 3.8) is 0 Å². The third-order valence-corrected chi connectivity index (χ3v) is 3.52. The molecule has 4 nitrogen and oxygen atoms in total. The van der Waals surface area contributed by atoms with Gasteiger partial charge in [0, 0.05) is 6.54 Å². The Bertz CT molecular complexity index is 673. The van der Waals surface area contributed by atoms with E-state index < -0.39 is 0 Å². The first kappa shape index (κ1) is 11.7. The summed E-state index contributed by atoms with van der Waals surface area (Å²) in [6.45, 7) is 2.53. The predicted molar refractivity (Wildman–Crippen MR) is 76.1 cm³/mol. The molecule has 2 N–H and O–H groups in total. The van der Waals surface area contributed by atoms with E-state index in [-0.39, 0.29) is 12.1 Å². The molecule has 2 aromatic carbocycles. The molecule has 2 aromatic rings. The molecule has 0 bridgehead atoms. The quantitative estimate of drug-likeness (QED) is 0.894. The Kier molecular flexibility index (Phi) is 2.71. The summed E-state index contributed by atoms with van der Waals surface area (Å²) in [4.78, 5) is 17.4. The van der Waals surface area contributed by atoms with Gasteiger partial charge in [-0.3, -0.25) is 0 Å². The molecule has 19 heavy (non-hydrogen) atoms. The number of benzene rings is 2. The number of amides is 2. The predicted octanol–water partition coefficient (Wildman–Crippen LogP) is 2.69. The number of carbonyl (C=O) groups excluding carboxylic acids is 1. The van der Waals surface area contributed by atoms with Gasteiger partial charge in [-0.05, 0) is 23.3 Å². The zero-order chi connectivity index (χ0) is 13.4. The van der Waals surface area contributed by atoms with Crippen LogP contribution in [0.2, 0.25) is 0 Å². The highest BCUT2D eigenvalue weighted by Crippen LogP contribution is 2.31. The van der Waals surface area contributed by atoms with E-state index in [1.165, 1.54) is 0 Å². The Labute approximate surface area is 111 Å². The van der Waals surface area contributed by atoms with E-state index in [9.17, 15) is 4.79 Å². The summed E-state index contributed by atoms with van der Waals surface area (Å²) in [5.41, 5.74) is 6.98. The molecule has 0 spiro atoms. The van der Waals surface area contributed by atoms with Crippen LogP contribution in [0, 0.1) is 0 Å². The average Bonchev–Trinajstić information content (AvgIpc) is 2.72. The Morgan fingerprint density at radius 2 is 1.95 bits per heavy atom. The third-order valence-electron chi connectivity index (χ3n) is 3.52. The van der Waals surface area contributed by atoms with Crippen LogP contribution in [0.15, 0.2) is 47.5 Å². The van der Waals surface area contributed by atoms with E-state index in [1.807, 2.05) is 31.2 Å². The van der Waals surface area contributed by atoms with Crippen LogP contribution in [0.3, 0.4) is 0 Å². The number of hydrogen-bond acceptors (Lipinski definition) is 2. The number of nitrogens with two attached hydrogens (primary N) is 1. The van der Waals surface area contributed by atoms with Crippen molar-refractivity contribution in [3.8, 4) is 0 Å². The number of carbonyl (C=O) groups is 1. The minimum Gasteiger partial charge on any atom is -0.385 e. The van der Waals surface area contributed by atoms with Gasteiger partial charge in [0.1, 0.15) is 11.9 Å². The molecule has 0 aromatic heterocycles. The third kappa shape index (κ3) is 1.76. The first-order valence-corrected chi connectivity index (χ1v) is 6.34. The summed E-state index contributed by atoms with van der Waals surface area (Å²) in [5, 5.41) is 2.25. The highest BCUT2D eigenvalue weighted by atomic mass is 16.2. The number of amidine groups is 1. The summed E-state index contributed by atoms with van der Waals surface area (Å²) in [5.74, 6) is 0.378. The highest BCUT2D eigenvalue weighted by Gasteiger charge is 2.34. The second-order valence-electron chi connectivity index (χ2n) is 4.58. The highest BCUT2D eigenvalue weighted by molar-refractivity contribution is 6.05. The molecule has 1 unspecified atom stereocenters. The second-order valence-corrected chi connectivity index (χ2v) is 4.58. The fourth-order valence-corrected chi connectivity index (χ4v) is 2.64. The zero-order valence-electron chi connectivity index (χ0n) is 10.7. The fraction of sp³-hybridized carbons (Fsp3) is 0.200. The van der Waals surface area contributed by atoms with Crippen LogP contribution in [-0.4, -0.2) is 23.3 Å².